The number of nitrogens with two attached hydrogens (primary N) is 1. The molecule has 0 fully saturated rings. The third kappa shape index (κ3) is 3.18. The van der Waals surface area contributed by atoms with Gasteiger partial charge in [0, 0.05) is 0 Å². The Morgan fingerprint density at radius 2 is 1.37 bits per heavy atom. The van der Waals surface area contributed by atoms with E-state index in [1.54, 1.807) is 6.33 Å². The topological polar surface area (TPSA) is 84.9 Å². The van der Waals surface area contributed by atoms with E-state index in [0.717, 1.165) is 22.4 Å². The molecule has 7 heteroatoms. The van der Waals surface area contributed by atoms with Crippen LogP contribution in [-0.4, -0.2) is 19.5 Å². The first-order chi connectivity index (χ1) is 14.8. The van der Waals surface area contributed by atoms with Gasteiger partial charge in [-0.1, -0.05) is 48.5 Å². The van der Waals surface area contributed by atoms with Crippen LogP contribution in [0.3, 0.4) is 0 Å². The van der Waals surface area contributed by atoms with Crippen LogP contribution in [0.2, 0.25) is 0 Å². The van der Waals surface area contributed by atoms with E-state index in [1.165, 1.54) is 6.33 Å². The zero-order valence-electron chi connectivity index (χ0n) is 16.1. The Kier molecular flexibility index (Phi) is 4.46. The van der Waals surface area contributed by atoms with Gasteiger partial charge in [0.05, 0.1) is 22.4 Å². The number of fused-ring (bicyclic) bond motifs is 1. The van der Waals surface area contributed by atoms with Crippen LogP contribution in [0.5, 0.6) is 0 Å². The normalized spacial score (nSPS) is 10.8. The molecular formula is C23H19N7. The lowest BCUT2D eigenvalue weighted by molar-refractivity contribution is 0.993. The number of nitrogen functional groups attached to an aromatic ring is 1. The van der Waals surface area contributed by atoms with Gasteiger partial charge in [0.15, 0.2) is 11.6 Å². The lowest BCUT2D eigenvalue weighted by Crippen LogP contribution is -2.26. The summed E-state index contributed by atoms with van der Waals surface area (Å²) in [6, 6.07) is 27.8. The Balaban J connectivity index is 1.58. The zero-order valence-corrected chi connectivity index (χ0v) is 16.1. The molecule has 0 aliphatic heterocycles. The van der Waals surface area contributed by atoms with Crippen molar-refractivity contribution in [2.75, 3.05) is 16.2 Å². The van der Waals surface area contributed by atoms with Gasteiger partial charge in [-0.05, 0) is 36.4 Å². The summed E-state index contributed by atoms with van der Waals surface area (Å²) in [6.45, 7) is 0. The Hall–Kier alpha value is -4.39. The molecule has 0 aliphatic rings. The quantitative estimate of drug-likeness (QED) is 0.426. The molecule has 2 heterocycles. The van der Waals surface area contributed by atoms with Crippen molar-refractivity contribution in [1.29, 1.82) is 0 Å². The first-order valence-corrected chi connectivity index (χ1v) is 9.51. The molecule has 2 aromatic heterocycles. The summed E-state index contributed by atoms with van der Waals surface area (Å²) in [5.74, 6) is 1.08. The summed E-state index contributed by atoms with van der Waals surface area (Å²) in [5.41, 5.74) is 14.0. The first kappa shape index (κ1) is 17.7. The predicted octanol–water partition coefficient (Wildman–Crippen LogP) is 4.56. The molecule has 0 radical (unpaired) electrons. The highest BCUT2D eigenvalue weighted by molar-refractivity contribution is 5.81. The van der Waals surface area contributed by atoms with Gasteiger partial charge in [-0.2, -0.15) is 0 Å². The van der Waals surface area contributed by atoms with Gasteiger partial charge in [0.2, 0.25) is 0 Å². The Morgan fingerprint density at radius 3 is 2.07 bits per heavy atom. The average Bonchev–Trinajstić information content (AvgIpc) is 3.24. The largest absolute Gasteiger partial charge is 0.393 e. The van der Waals surface area contributed by atoms with Crippen LogP contribution in [0.1, 0.15) is 0 Å². The highest BCUT2D eigenvalue weighted by Gasteiger charge is 2.16. The van der Waals surface area contributed by atoms with Crippen molar-refractivity contribution in [3.05, 3.63) is 97.6 Å². The summed E-state index contributed by atoms with van der Waals surface area (Å²) >= 11 is 0. The van der Waals surface area contributed by atoms with E-state index in [0.29, 0.717) is 17.3 Å². The van der Waals surface area contributed by atoms with Crippen molar-refractivity contribution in [1.82, 2.24) is 19.5 Å². The van der Waals surface area contributed by atoms with Crippen LogP contribution in [0.4, 0.5) is 22.9 Å². The third-order valence-corrected chi connectivity index (χ3v) is 4.79. The molecule has 0 spiro atoms. The molecule has 0 saturated carbocycles. The van der Waals surface area contributed by atoms with Gasteiger partial charge in [-0.25, -0.2) is 15.0 Å². The fourth-order valence-electron chi connectivity index (χ4n) is 3.33. The van der Waals surface area contributed by atoms with Gasteiger partial charge < -0.3 is 5.73 Å². The Labute approximate surface area is 173 Å². The molecule has 3 aromatic carbocycles. The Bertz CT molecular complexity index is 1240. The van der Waals surface area contributed by atoms with Gasteiger partial charge in [0.1, 0.15) is 18.3 Å². The van der Waals surface area contributed by atoms with E-state index in [-0.39, 0.29) is 0 Å². The van der Waals surface area contributed by atoms with Crippen LogP contribution in [0.25, 0.3) is 16.9 Å². The van der Waals surface area contributed by atoms with Crippen LogP contribution >= 0.6 is 0 Å². The molecule has 7 nitrogen and oxygen atoms in total. The van der Waals surface area contributed by atoms with Crippen LogP contribution in [-0.2, 0) is 0 Å². The molecule has 146 valence electrons. The number of imidazole rings is 1. The van der Waals surface area contributed by atoms with Crippen molar-refractivity contribution < 1.29 is 0 Å². The molecule has 30 heavy (non-hydrogen) atoms. The van der Waals surface area contributed by atoms with Gasteiger partial charge in [-0.3, -0.25) is 15.0 Å². The van der Waals surface area contributed by atoms with Gasteiger partial charge in [-0.15, -0.1) is 0 Å². The number of hydrogen-bond acceptors (Lipinski definition) is 6. The number of nitrogens with zero attached hydrogens (tertiary/aromatic N) is 5. The van der Waals surface area contributed by atoms with E-state index in [4.69, 9.17) is 5.73 Å². The number of hydrogen-bond donors (Lipinski definition) is 2. The van der Waals surface area contributed by atoms with Crippen molar-refractivity contribution in [3.63, 3.8) is 0 Å². The highest BCUT2D eigenvalue weighted by Crippen LogP contribution is 2.29. The summed E-state index contributed by atoms with van der Waals surface area (Å²) in [5, 5.41) is 1.94. The van der Waals surface area contributed by atoms with Crippen molar-refractivity contribution in [3.8, 4) is 5.82 Å². The molecule has 0 aliphatic carbocycles. The molecule has 0 saturated heterocycles. The minimum absolute atomic E-state index is 0.428. The van der Waals surface area contributed by atoms with Gasteiger partial charge >= 0.3 is 0 Å². The molecule has 0 unspecified atom stereocenters. The highest BCUT2D eigenvalue weighted by atomic mass is 15.5. The molecule has 0 atom stereocenters. The van der Waals surface area contributed by atoms with Gasteiger partial charge in [0.25, 0.3) is 0 Å². The number of rotatable bonds is 5. The first-order valence-electron chi connectivity index (χ1n) is 9.51. The average molecular weight is 393 g/mol. The molecule has 5 rings (SSSR count). The minimum Gasteiger partial charge on any atom is -0.393 e. The molecule has 0 amide bonds. The second-order valence-corrected chi connectivity index (χ2v) is 6.68. The number of benzene rings is 3. The number of para-hydroxylation sites is 4. The fraction of sp³-hybridized carbons (Fsp3) is 0. The van der Waals surface area contributed by atoms with E-state index in [9.17, 15) is 0 Å². The number of aromatic nitrogens is 4. The van der Waals surface area contributed by atoms with E-state index >= 15 is 0 Å². The van der Waals surface area contributed by atoms with E-state index < -0.39 is 0 Å². The zero-order chi connectivity index (χ0) is 20.3. The molecule has 5 aromatic rings. The van der Waals surface area contributed by atoms with Crippen LogP contribution in [0.15, 0.2) is 97.6 Å². The summed E-state index contributed by atoms with van der Waals surface area (Å²) in [7, 11) is 0. The number of anilines is 4. The maximum atomic E-state index is 6.51. The smallest absolute Gasteiger partial charge is 0.173 e. The van der Waals surface area contributed by atoms with Crippen LogP contribution in [0, 0.1) is 0 Å². The SMILES string of the molecule is Nc1c(NN(c2ccccc2)c2ccccc2)ncnc1-n1cnc2ccccc21. The minimum atomic E-state index is 0.428. The summed E-state index contributed by atoms with van der Waals surface area (Å²) in [6.07, 6.45) is 3.22. The lowest BCUT2D eigenvalue weighted by Gasteiger charge is -2.26. The predicted molar refractivity (Wildman–Crippen MR) is 120 cm³/mol. The Morgan fingerprint density at radius 1 is 0.733 bits per heavy atom. The lowest BCUT2D eigenvalue weighted by atomic mass is 10.2. The third-order valence-electron chi connectivity index (χ3n) is 4.79. The number of hydrazine groups is 1. The second kappa shape index (κ2) is 7.56. The molecule has 0 bridgehead atoms. The van der Waals surface area contributed by atoms with Crippen molar-refractivity contribution in [2.45, 2.75) is 0 Å². The maximum Gasteiger partial charge on any atom is 0.173 e. The maximum absolute atomic E-state index is 6.51. The molecular weight excluding hydrogens is 374 g/mol. The monoisotopic (exact) mass is 393 g/mol. The second-order valence-electron chi connectivity index (χ2n) is 6.68. The number of nitrogens with one attached hydrogen (secondary N) is 1. The summed E-state index contributed by atoms with van der Waals surface area (Å²) in [4.78, 5) is 13.2. The molecule has 3 N–H and O–H groups in total. The summed E-state index contributed by atoms with van der Waals surface area (Å²) < 4.78 is 1.87. The fourth-order valence-corrected chi connectivity index (χ4v) is 3.33. The van der Waals surface area contributed by atoms with E-state index in [2.05, 4.69) is 20.4 Å². The van der Waals surface area contributed by atoms with E-state index in [1.807, 2.05) is 94.5 Å². The van der Waals surface area contributed by atoms with Crippen LogP contribution < -0.4 is 16.2 Å². The van der Waals surface area contributed by atoms with Crippen molar-refractivity contribution in [2.24, 2.45) is 0 Å². The van der Waals surface area contributed by atoms with Crippen molar-refractivity contribution >= 4 is 33.9 Å². The standard InChI is InChI=1S/C23H19N7/c24-21-22(25-15-26-23(21)29-16-27-19-13-7-8-14-20(19)29)28-30(17-9-3-1-4-10-17)18-11-5-2-6-12-18/h1-16H,24H2,(H,25,26,28).